The highest BCUT2D eigenvalue weighted by Gasteiger charge is 2.22. The number of halogens is 1. The number of carbonyl (C=O) groups excluding carboxylic acids is 1. The smallest absolute Gasteiger partial charge is 0.270 e. The number of aromatic nitrogens is 2. The molecule has 1 fully saturated rings. The number of piperazine rings is 1. The zero-order valence-electron chi connectivity index (χ0n) is 16.3. The van der Waals surface area contributed by atoms with Crippen LogP contribution in [0.3, 0.4) is 0 Å². The Morgan fingerprint density at radius 2 is 1.74 bits per heavy atom. The van der Waals surface area contributed by atoms with Gasteiger partial charge in [0.25, 0.3) is 5.91 Å². The number of rotatable bonds is 3. The third kappa shape index (κ3) is 5.10. The molecule has 1 saturated heterocycles. The van der Waals surface area contributed by atoms with Gasteiger partial charge in [0, 0.05) is 48.5 Å². The van der Waals surface area contributed by atoms with Gasteiger partial charge in [-0.1, -0.05) is 17.7 Å². The Labute approximate surface area is 165 Å². The van der Waals surface area contributed by atoms with Crippen molar-refractivity contribution in [1.82, 2.24) is 15.3 Å². The monoisotopic (exact) mass is 387 g/mol. The van der Waals surface area contributed by atoms with Gasteiger partial charge in [0.2, 0.25) is 0 Å². The molecule has 144 valence electrons. The van der Waals surface area contributed by atoms with E-state index < -0.39 is 0 Å². The Hall–Kier alpha value is -2.34. The predicted molar refractivity (Wildman–Crippen MR) is 110 cm³/mol. The molecule has 0 atom stereocenters. The van der Waals surface area contributed by atoms with Gasteiger partial charge >= 0.3 is 0 Å². The second-order valence-corrected chi connectivity index (χ2v) is 8.25. The summed E-state index contributed by atoms with van der Waals surface area (Å²) in [5.41, 5.74) is 1.23. The van der Waals surface area contributed by atoms with Gasteiger partial charge in [-0.25, -0.2) is 9.97 Å². The fourth-order valence-corrected chi connectivity index (χ4v) is 3.29. The van der Waals surface area contributed by atoms with E-state index in [4.69, 9.17) is 11.6 Å². The van der Waals surface area contributed by atoms with Crippen molar-refractivity contribution in [1.29, 1.82) is 0 Å². The lowest BCUT2D eigenvalue weighted by molar-refractivity contribution is 0.0914. The molecule has 2 aromatic rings. The summed E-state index contributed by atoms with van der Waals surface area (Å²) in [5.74, 6) is 1.22. The molecule has 1 amide bonds. The lowest BCUT2D eigenvalue weighted by Crippen LogP contribution is -2.47. The topological polar surface area (TPSA) is 61.4 Å². The Morgan fingerprint density at radius 1 is 1.07 bits per heavy atom. The second kappa shape index (κ2) is 7.72. The van der Waals surface area contributed by atoms with E-state index in [1.165, 1.54) is 0 Å². The fraction of sp³-hybridized carbons (Fsp3) is 0.450. The van der Waals surface area contributed by atoms with Crippen LogP contribution in [-0.2, 0) is 0 Å². The van der Waals surface area contributed by atoms with E-state index in [0.717, 1.165) is 42.7 Å². The number of hydrogen-bond acceptors (Lipinski definition) is 5. The predicted octanol–water partition coefficient (Wildman–Crippen LogP) is 3.29. The summed E-state index contributed by atoms with van der Waals surface area (Å²) >= 11 is 6.11. The van der Waals surface area contributed by atoms with E-state index in [9.17, 15) is 4.79 Å². The van der Waals surface area contributed by atoms with Crippen molar-refractivity contribution >= 4 is 29.0 Å². The lowest BCUT2D eigenvalue weighted by atomic mass is 10.1. The molecule has 1 aromatic heterocycles. The van der Waals surface area contributed by atoms with Crippen molar-refractivity contribution in [2.24, 2.45) is 0 Å². The number of amides is 1. The summed E-state index contributed by atoms with van der Waals surface area (Å²) < 4.78 is 0. The Kier molecular flexibility index (Phi) is 5.56. The van der Waals surface area contributed by atoms with Crippen LogP contribution in [0.4, 0.5) is 11.5 Å². The number of hydrogen-bond donors (Lipinski definition) is 1. The highest BCUT2D eigenvalue weighted by atomic mass is 35.5. The lowest BCUT2D eigenvalue weighted by Gasteiger charge is -2.37. The zero-order chi connectivity index (χ0) is 19.6. The van der Waals surface area contributed by atoms with Gasteiger partial charge < -0.3 is 15.1 Å². The van der Waals surface area contributed by atoms with Gasteiger partial charge in [0.15, 0.2) is 0 Å². The average Bonchev–Trinajstić information content (AvgIpc) is 2.60. The first-order valence-corrected chi connectivity index (χ1v) is 9.53. The van der Waals surface area contributed by atoms with Crippen LogP contribution in [0, 0.1) is 6.92 Å². The van der Waals surface area contributed by atoms with Gasteiger partial charge in [-0.05, 0) is 45.9 Å². The molecule has 0 spiro atoms. The van der Waals surface area contributed by atoms with Crippen molar-refractivity contribution in [3.05, 3.63) is 46.9 Å². The summed E-state index contributed by atoms with van der Waals surface area (Å²) in [4.78, 5) is 25.8. The van der Waals surface area contributed by atoms with E-state index in [1.807, 2.05) is 45.9 Å². The van der Waals surface area contributed by atoms with Crippen LogP contribution in [0.1, 0.15) is 37.1 Å². The molecule has 1 aliphatic rings. The van der Waals surface area contributed by atoms with Gasteiger partial charge in [-0.2, -0.15) is 0 Å². The number of anilines is 2. The molecule has 0 aliphatic carbocycles. The van der Waals surface area contributed by atoms with Gasteiger partial charge in [0.1, 0.15) is 17.3 Å². The largest absolute Gasteiger partial charge is 0.368 e. The third-order valence-electron chi connectivity index (χ3n) is 4.32. The zero-order valence-corrected chi connectivity index (χ0v) is 17.0. The Bertz CT molecular complexity index is 825. The maximum absolute atomic E-state index is 12.5. The fourth-order valence-electron chi connectivity index (χ4n) is 3.10. The highest BCUT2D eigenvalue weighted by molar-refractivity contribution is 6.30. The van der Waals surface area contributed by atoms with Crippen molar-refractivity contribution in [3.63, 3.8) is 0 Å². The normalized spacial score (nSPS) is 15.0. The van der Waals surface area contributed by atoms with Crippen LogP contribution in [-0.4, -0.2) is 47.6 Å². The maximum Gasteiger partial charge on any atom is 0.270 e. The Balaban J connectivity index is 1.71. The highest BCUT2D eigenvalue weighted by Crippen LogP contribution is 2.22. The van der Waals surface area contributed by atoms with E-state index in [2.05, 4.69) is 31.2 Å². The number of benzene rings is 1. The quantitative estimate of drug-likeness (QED) is 0.875. The third-order valence-corrected chi connectivity index (χ3v) is 4.56. The number of nitrogens with zero attached hydrogens (tertiary/aromatic N) is 4. The standard InChI is InChI=1S/C20H26ClN5O/c1-14-22-17(19(27)24-20(2,3)4)13-18(23-14)26-10-8-25(9-11-26)16-7-5-6-15(21)12-16/h5-7,12-13H,8-11H2,1-4H3,(H,24,27). The first-order valence-electron chi connectivity index (χ1n) is 9.15. The summed E-state index contributed by atoms with van der Waals surface area (Å²) in [6.45, 7) is 11.1. The van der Waals surface area contributed by atoms with E-state index in [1.54, 1.807) is 6.07 Å². The van der Waals surface area contributed by atoms with Crippen LogP contribution in [0.15, 0.2) is 30.3 Å². The minimum absolute atomic E-state index is 0.174. The van der Waals surface area contributed by atoms with Crippen molar-refractivity contribution < 1.29 is 4.79 Å². The molecular weight excluding hydrogens is 362 g/mol. The molecule has 0 unspecified atom stereocenters. The second-order valence-electron chi connectivity index (χ2n) is 7.82. The van der Waals surface area contributed by atoms with Crippen LogP contribution < -0.4 is 15.1 Å². The first kappa shape index (κ1) is 19.4. The molecule has 7 heteroatoms. The van der Waals surface area contributed by atoms with E-state index in [0.29, 0.717) is 11.5 Å². The summed E-state index contributed by atoms with van der Waals surface area (Å²) in [5, 5.41) is 3.70. The molecule has 6 nitrogen and oxygen atoms in total. The summed E-state index contributed by atoms with van der Waals surface area (Å²) in [6, 6.07) is 9.70. The van der Waals surface area contributed by atoms with Crippen molar-refractivity contribution in [3.8, 4) is 0 Å². The van der Waals surface area contributed by atoms with Crippen LogP contribution in [0.5, 0.6) is 0 Å². The average molecular weight is 388 g/mol. The molecule has 1 N–H and O–H groups in total. The molecular formula is C20H26ClN5O. The van der Waals surface area contributed by atoms with Crippen LogP contribution >= 0.6 is 11.6 Å². The maximum atomic E-state index is 12.5. The first-order chi connectivity index (χ1) is 12.7. The molecule has 0 bridgehead atoms. The molecule has 0 radical (unpaired) electrons. The molecule has 1 aliphatic heterocycles. The van der Waals surface area contributed by atoms with Crippen LogP contribution in [0.2, 0.25) is 5.02 Å². The molecule has 0 saturated carbocycles. The number of aryl methyl sites for hydroxylation is 1. The van der Waals surface area contributed by atoms with Gasteiger partial charge in [0.05, 0.1) is 0 Å². The van der Waals surface area contributed by atoms with E-state index in [-0.39, 0.29) is 11.4 Å². The summed E-state index contributed by atoms with van der Waals surface area (Å²) in [7, 11) is 0. The van der Waals surface area contributed by atoms with E-state index >= 15 is 0 Å². The van der Waals surface area contributed by atoms with Crippen LogP contribution in [0.25, 0.3) is 0 Å². The van der Waals surface area contributed by atoms with Gasteiger partial charge in [-0.3, -0.25) is 4.79 Å². The molecule has 3 rings (SSSR count). The Morgan fingerprint density at radius 3 is 2.37 bits per heavy atom. The number of carbonyl (C=O) groups is 1. The van der Waals surface area contributed by atoms with Gasteiger partial charge in [-0.15, -0.1) is 0 Å². The minimum Gasteiger partial charge on any atom is -0.368 e. The van der Waals surface area contributed by atoms with Crippen molar-refractivity contribution in [2.45, 2.75) is 33.2 Å². The summed E-state index contributed by atoms with van der Waals surface area (Å²) in [6.07, 6.45) is 0. The number of nitrogens with one attached hydrogen (secondary N) is 1. The minimum atomic E-state index is -0.307. The SMILES string of the molecule is Cc1nc(C(=O)NC(C)(C)C)cc(N2CCN(c3cccc(Cl)c3)CC2)n1. The molecule has 1 aromatic carbocycles. The van der Waals surface area contributed by atoms with Crippen molar-refractivity contribution in [2.75, 3.05) is 36.0 Å². The molecule has 27 heavy (non-hydrogen) atoms. The molecule has 2 heterocycles.